The highest BCUT2D eigenvalue weighted by Gasteiger charge is 2.14. The van der Waals surface area contributed by atoms with Gasteiger partial charge < -0.3 is 14.8 Å². The molecule has 1 amide bonds. The van der Waals surface area contributed by atoms with Crippen LogP contribution in [0.25, 0.3) is 10.6 Å². The minimum Gasteiger partial charge on any atom is -0.454 e. The molecule has 0 atom stereocenters. The van der Waals surface area contributed by atoms with Crippen molar-refractivity contribution in [2.75, 3.05) is 6.79 Å². The number of thiazole rings is 1. The second-order valence-corrected chi connectivity index (χ2v) is 6.94. The van der Waals surface area contributed by atoms with Crippen molar-refractivity contribution < 1.29 is 14.3 Å². The van der Waals surface area contributed by atoms with Crippen molar-refractivity contribution in [3.05, 3.63) is 51.7 Å². The fourth-order valence-electron chi connectivity index (χ4n) is 2.39. The van der Waals surface area contributed by atoms with E-state index in [0.717, 1.165) is 33.3 Å². The molecule has 0 spiro atoms. The molecule has 0 saturated heterocycles. The van der Waals surface area contributed by atoms with Crippen LogP contribution in [0.3, 0.4) is 0 Å². The van der Waals surface area contributed by atoms with E-state index in [9.17, 15) is 4.79 Å². The van der Waals surface area contributed by atoms with Crippen molar-refractivity contribution in [2.45, 2.75) is 13.0 Å². The molecule has 2 aromatic heterocycles. The third-order valence-electron chi connectivity index (χ3n) is 3.59. The maximum atomic E-state index is 12.1. The Hall–Kier alpha value is -2.38. The van der Waals surface area contributed by atoms with Crippen molar-refractivity contribution in [3.8, 4) is 22.1 Å². The number of carbonyl (C=O) groups is 1. The minimum atomic E-state index is -0.0464. The lowest BCUT2D eigenvalue weighted by molar-refractivity contribution is -0.120. The van der Waals surface area contributed by atoms with E-state index in [0.29, 0.717) is 6.54 Å². The van der Waals surface area contributed by atoms with Crippen molar-refractivity contribution in [2.24, 2.45) is 0 Å². The van der Waals surface area contributed by atoms with Gasteiger partial charge in [0.2, 0.25) is 12.7 Å². The smallest absolute Gasteiger partial charge is 0.231 e. The first-order valence-electron chi connectivity index (χ1n) is 7.40. The van der Waals surface area contributed by atoms with Gasteiger partial charge in [-0.15, -0.1) is 11.3 Å². The maximum absolute atomic E-state index is 12.1. The summed E-state index contributed by atoms with van der Waals surface area (Å²) in [6, 6.07) is 7.70. The Bertz CT molecular complexity index is 859. The fourth-order valence-corrected chi connectivity index (χ4v) is 3.92. The molecule has 0 fully saturated rings. The molecule has 122 valence electrons. The normalized spacial score (nSPS) is 12.3. The number of fused-ring (bicyclic) bond motifs is 1. The Morgan fingerprint density at radius 2 is 2.12 bits per heavy atom. The monoisotopic (exact) mass is 358 g/mol. The third-order valence-corrected chi connectivity index (χ3v) is 5.21. The molecule has 0 saturated carbocycles. The van der Waals surface area contributed by atoms with Crippen LogP contribution in [0.1, 0.15) is 11.3 Å². The summed E-state index contributed by atoms with van der Waals surface area (Å²) in [4.78, 5) is 16.6. The average molecular weight is 358 g/mol. The molecule has 1 aliphatic rings. The van der Waals surface area contributed by atoms with Gasteiger partial charge in [-0.3, -0.25) is 4.79 Å². The molecule has 4 rings (SSSR count). The molecule has 0 bridgehead atoms. The number of thiophene rings is 1. The lowest BCUT2D eigenvalue weighted by atomic mass is 10.2. The molecule has 24 heavy (non-hydrogen) atoms. The standard InChI is InChI=1S/C17H14N2O3S2/c20-16(6-13-9-24-17(19-13)12-3-4-23-8-12)18-7-11-1-2-14-15(5-11)22-10-21-14/h1-5,8-9H,6-7,10H2,(H,18,20). The summed E-state index contributed by atoms with van der Waals surface area (Å²) >= 11 is 3.20. The van der Waals surface area contributed by atoms with Crippen LogP contribution in [-0.2, 0) is 17.8 Å². The summed E-state index contributed by atoms with van der Waals surface area (Å²) in [6.07, 6.45) is 0.283. The van der Waals surface area contributed by atoms with Gasteiger partial charge in [0.05, 0.1) is 12.1 Å². The molecule has 1 aliphatic heterocycles. The van der Waals surface area contributed by atoms with Gasteiger partial charge >= 0.3 is 0 Å². The number of benzene rings is 1. The summed E-state index contributed by atoms with van der Waals surface area (Å²) in [7, 11) is 0. The predicted molar refractivity (Wildman–Crippen MR) is 93.5 cm³/mol. The third kappa shape index (κ3) is 3.27. The van der Waals surface area contributed by atoms with Crippen molar-refractivity contribution in [1.29, 1.82) is 0 Å². The summed E-state index contributed by atoms with van der Waals surface area (Å²) in [6.45, 7) is 0.707. The highest BCUT2D eigenvalue weighted by Crippen LogP contribution is 2.32. The second-order valence-electron chi connectivity index (χ2n) is 5.30. The van der Waals surface area contributed by atoms with Crippen molar-refractivity contribution in [3.63, 3.8) is 0 Å². The SMILES string of the molecule is O=C(Cc1csc(-c2ccsc2)n1)NCc1ccc2c(c1)OCO2. The molecule has 5 nitrogen and oxygen atoms in total. The lowest BCUT2D eigenvalue weighted by Crippen LogP contribution is -2.24. The highest BCUT2D eigenvalue weighted by molar-refractivity contribution is 7.14. The Morgan fingerprint density at radius 3 is 3.00 bits per heavy atom. The molecule has 1 N–H and O–H groups in total. The maximum Gasteiger partial charge on any atom is 0.231 e. The molecule has 3 aromatic rings. The van der Waals surface area contributed by atoms with E-state index >= 15 is 0 Å². The minimum absolute atomic E-state index is 0.0464. The Labute approximate surface area is 146 Å². The zero-order valence-corrected chi connectivity index (χ0v) is 14.3. The van der Waals surface area contributed by atoms with Crippen LogP contribution in [0.5, 0.6) is 11.5 Å². The zero-order chi connectivity index (χ0) is 16.4. The molecule has 0 radical (unpaired) electrons. The first kappa shape index (κ1) is 15.2. The number of nitrogens with one attached hydrogen (secondary N) is 1. The van der Waals surface area contributed by atoms with Gasteiger partial charge in [-0.25, -0.2) is 4.98 Å². The lowest BCUT2D eigenvalue weighted by Gasteiger charge is -2.05. The summed E-state index contributed by atoms with van der Waals surface area (Å²) < 4.78 is 10.6. The number of ether oxygens (including phenoxy) is 2. The van der Waals surface area contributed by atoms with Gasteiger partial charge in [-0.2, -0.15) is 11.3 Å². The first-order valence-corrected chi connectivity index (χ1v) is 9.22. The van der Waals surface area contributed by atoms with Crippen molar-refractivity contribution >= 4 is 28.6 Å². The number of aromatic nitrogens is 1. The van der Waals surface area contributed by atoms with Crippen LogP contribution >= 0.6 is 22.7 Å². The highest BCUT2D eigenvalue weighted by atomic mass is 32.1. The van der Waals surface area contributed by atoms with Gasteiger partial charge in [0.15, 0.2) is 11.5 Å². The summed E-state index contributed by atoms with van der Waals surface area (Å²) in [5.41, 5.74) is 2.88. The first-order chi connectivity index (χ1) is 11.8. The van der Waals surface area contributed by atoms with E-state index in [4.69, 9.17) is 9.47 Å². The van der Waals surface area contributed by atoms with Crippen LogP contribution in [0.2, 0.25) is 0 Å². The molecule has 1 aromatic carbocycles. The van der Waals surface area contributed by atoms with Gasteiger partial charge in [-0.1, -0.05) is 6.07 Å². The number of hydrogen-bond donors (Lipinski definition) is 1. The van der Waals surface area contributed by atoms with Crippen LogP contribution in [0.4, 0.5) is 0 Å². The van der Waals surface area contributed by atoms with Gasteiger partial charge in [0.1, 0.15) is 5.01 Å². The van der Waals surface area contributed by atoms with Crippen LogP contribution in [0.15, 0.2) is 40.4 Å². The number of amides is 1. The molecule has 0 unspecified atom stereocenters. The van der Waals surface area contributed by atoms with E-state index < -0.39 is 0 Å². The van der Waals surface area contributed by atoms with Crippen LogP contribution in [-0.4, -0.2) is 17.7 Å². The van der Waals surface area contributed by atoms with Crippen LogP contribution in [0, 0.1) is 0 Å². The van der Waals surface area contributed by atoms with E-state index in [1.807, 2.05) is 35.0 Å². The largest absolute Gasteiger partial charge is 0.454 e. The number of hydrogen-bond acceptors (Lipinski definition) is 6. The number of nitrogens with zero attached hydrogens (tertiary/aromatic N) is 1. The quantitative estimate of drug-likeness (QED) is 0.759. The van der Waals surface area contributed by atoms with E-state index in [-0.39, 0.29) is 19.1 Å². The topological polar surface area (TPSA) is 60.5 Å². The van der Waals surface area contributed by atoms with Crippen molar-refractivity contribution in [1.82, 2.24) is 10.3 Å². The van der Waals surface area contributed by atoms with Gasteiger partial charge in [-0.05, 0) is 29.1 Å². The Kier molecular flexibility index (Phi) is 4.18. The van der Waals surface area contributed by atoms with E-state index in [1.165, 1.54) is 0 Å². The fraction of sp³-hybridized carbons (Fsp3) is 0.176. The van der Waals surface area contributed by atoms with E-state index in [1.54, 1.807) is 22.7 Å². The van der Waals surface area contributed by atoms with Gasteiger partial charge in [0.25, 0.3) is 0 Å². The van der Waals surface area contributed by atoms with E-state index in [2.05, 4.69) is 15.7 Å². The molecular formula is C17H14N2O3S2. The number of rotatable bonds is 5. The zero-order valence-electron chi connectivity index (χ0n) is 12.7. The average Bonchev–Trinajstić information content (AvgIpc) is 3.32. The predicted octanol–water partition coefficient (Wildman–Crippen LogP) is 3.46. The molecule has 3 heterocycles. The Morgan fingerprint density at radius 1 is 1.21 bits per heavy atom. The molecular weight excluding hydrogens is 344 g/mol. The van der Waals surface area contributed by atoms with Crippen LogP contribution < -0.4 is 14.8 Å². The molecule has 7 heteroatoms. The number of carbonyl (C=O) groups excluding carboxylic acids is 1. The summed E-state index contributed by atoms with van der Waals surface area (Å²) in [5.74, 6) is 1.42. The molecule has 0 aliphatic carbocycles. The Balaban J connectivity index is 1.34. The van der Waals surface area contributed by atoms with Gasteiger partial charge in [0, 0.05) is 22.9 Å². The summed E-state index contributed by atoms with van der Waals surface area (Å²) in [5, 5.41) is 9.89. The second kappa shape index (κ2) is 6.62.